The van der Waals surface area contributed by atoms with Gasteiger partial charge >= 0.3 is 6.03 Å². The minimum absolute atomic E-state index is 0.147. The summed E-state index contributed by atoms with van der Waals surface area (Å²) in [7, 11) is 0. The fourth-order valence-electron chi connectivity index (χ4n) is 2.75. The van der Waals surface area contributed by atoms with E-state index in [9.17, 15) is 4.79 Å². The van der Waals surface area contributed by atoms with Gasteiger partial charge in [-0.1, -0.05) is 12.1 Å². The first kappa shape index (κ1) is 16.8. The second-order valence-electron chi connectivity index (χ2n) is 6.01. The van der Waals surface area contributed by atoms with Crippen LogP contribution in [0.4, 0.5) is 10.5 Å². The highest BCUT2D eigenvalue weighted by Gasteiger charge is 2.12. The van der Waals surface area contributed by atoms with Gasteiger partial charge in [-0.2, -0.15) is 5.10 Å². The molecule has 3 aromatic rings. The number of carbonyl (C=O) groups excluding carboxylic acids is 1. The predicted octanol–water partition coefficient (Wildman–Crippen LogP) is 3.41. The largest absolute Gasteiger partial charge is 0.330 e. The van der Waals surface area contributed by atoms with Gasteiger partial charge in [0, 0.05) is 24.3 Å². The number of anilines is 1. The van der Waals surface area contributed by atoms with Gasteiger partial charge in [0.25, 0.3) is 0 Å². The van der Waals surface area contributed by atoms with Crippen LogP contribution in [0.25, 0.3) is 0 Å². The number of carbonyl (C=O) groups is 1. The monoisotopic (exact) mass is 338 g/mol. The Morgan fingerprint density at radius 3 is 2.52 bits per heavy atom. The summed E-state index contributed by atoms with van der Waals surface area (Å²) >= 11 is 0. The summed E-state index contributed by atoms with van der Waals surface area (Å²) in [6, 6.07) is 9.44. The van der Waals surface area contributed by atoms with Crippen LogP contribution >= 0.6 is 0 Å². The van der Waals surface area contributed by atoms with Crippen molar-refractivity contribution in [3.05, 3.63) is 66.0 Å². The zero-order valence-electron chi connectivity index (χ0n) is 14.5. The molecular weight excluding hydrogens is 316 g/mol. The molecule has 25 heavy (non-hydrogen) atoms. The number of nitrogens with one attached hydrogen (secondary N) is 3. The first-order valence-corrected chi connectivity index (χ1v) is 8.21. The average Bonchev–Trinajstić information content (AvgIpc) is 3.26. The number of imidazole rings is 1. The summed E-state index contributed by atoms with van der Waals surface area (Å²) in [6.07, 6.45) is 5.43. The van der Waals surface area contributed by atoms with E-state index < -0.39 is 0 Å². The molecule has 0 saturated heterocycles. The standard InChI is InChI=1S/C18H22N6O/c1-12(17-8-9-20-23-17)21-18(25)22-16-6-4-15(5-7-16)13(2)24-11-10-19-14(24)3/h4-13H,1-3H3,(H,20,23)(H2,21,22,25)/t12-,13+/m1/s1. The second kappa shape index (κ2) is 7.21. The van der Waals surface area contributed by atoms with Gasteiger partial charge in [0.05, 0.1) is 17.8 Å². The van der Waals surface area contributed by atoms with Crippen LogP contribution in [0.1, 0.15) is 43.0 Å². The lowest BCUT2D eigenvalue weighted by Gasteiger charge is -2.17. The summed E-state index contributed by atoms with van der Waals surface area (Å²) in [6.45, 7) is 6.00. The number of H-pyrrole nitrogens is 1. The highest BCUT2D eigenvalue weighted by atomic mass is 16.2. The Morgan fingerprint density at radius 2 is 1.92 bits per heavy atom. The van der Waals surface area contributed by atoms with E-state index in [0.29, 0.717) is 0 Å². The highest BCUT2D eigenvalue weighted by Crippen LogP contribution is 2.21. The molecule has 0 radical (unpaired) electrons. The molecule has 2 amide bonds. The van der Waals surface area contributed by atoms with Crippen molar-refractivity contribution in [1.29, 1.82) is 0 Å². The minimum Gasteiger partial charge on any atom is -0.330 e. The Labute approximate surface area is 146 Å². The number of hydrogen-bond donors (Lipinski definition) is 3. The number of aryl methyl sites for hydroxylation is 1. The summed E-state index contributed by atoms with van der Waals surface area (Å²) in [5, 5.41) is 12.4. The van der Waals surface area contributed by atoms with E-state index in [1.807, 2.05) is 50.4 Å². The van der Waals surface area contributed by atoms with Crippen molar-refractivity contribution in [3.8, 4) is 0 Å². The average molecular weight is 338 g/mol. The predicted molar refractivity (Wildman–Crippen MR) is 96.4 cm³/mol. The molecule has 130 valence electrons. The topological polar surface area (TPSA) is 87.6 Å². The SMILES string of the molecule is Cc1nccn1[C@@H](C)c1ccc(NC(=O)N[C@H](C)c2ccn[nH]2)cc1. The maximum Gasteiger partial charge on any atom is 0.319 e. The third kappa shape index (κ3) is 3.88. The first-order chi connectivity index (χ1) is 12.0. The molecule has 2 aromatic heterocycles. The third-order valence-electron chi connectivity index (χ3n) is 4.27. The smallest absolute Gasteiger partial charge is 0.319 e. The number of aromatic nitrogens is 4. The van der Waals surface area contributed by atoms with Crippen molar-refractivity contribution in [2.75, 3.05) is 5.32 Å². The maximum atomic E-state index is 12.1. The molecule has 0 unspecified atom stereocenters. The van der Waals surface area contributed by atoms with Crippen molar-refractivity contribution in [2.24, 2.45) is 0 Å². The maximum absolute atomic E-state index is 12.1. The minimum atomic E-state index is -0.256. The van der Waals surface area contributed by atoms with E-state index in [-0.39, 0.29) is 18.1 Å². The Bertz CT molecular complexity index is 822. The van der Waals surface area contributed by atoms with E-state index in [1.54, 1.807) is 12.4 Å². The molecule has 1 aromatic carbocycles. The quantitative estimate of drug-likeness (QED) is 0.666. The van der Waals surface area contributed by atoms with E-state index in [2.05, 4.69) is 37.3 Å². The molecule has 2 heterocycles. The molecule has 3 N–H and O–H groups in total. The molecule has 0 fully saturated rings. The Morgan fingerprint density at radius 1 is 1.16 bits per heavy atom. The van der Waals surface area contributed by atoms with Crippen LogP contribution in [0.3, 0.4) is 0 Å². The molecule has 3 rings (SSSR count). The normalized spacial score (nSPS) is 13.2. The lowest BCUT2D eigenvalue weighted by Crippen LogP contribution is -2.31. The number of benzene rings is 1. The molecule has 7 nitrogen and oxygen atoms in total. The Kier molecular flexibility index (Phi) is 4.83. The van der Waals surface area contributed by atoms with Crippen LogP contribution in [0.2, 0.25) is 0 Å². The first-order valence-electron chi connectivity index (χ1n) is 8.21. The number of rotatable bonds is 5. The van der Waals surface area contributed by atoms with Gasteiger partial charge in [-0.25, -0.2) is 9.78 Å². The van der Waals surface area contributed by atoms with Crippen LogP contribution < -0.4 is 10.6 Å². The number of hydrogen-bond acceptors (Lipinski definition) is 3. The van der Waals surface area contributed by atoms with Crippen molar-refractivity contribution in [3.63, 3.8) is 0 Å². The number of aromatic amines is 1. The van der Waals surface area contributed by atoms with E-state index in [4.69, 9.17) is 0 Å². The van der Waals surface area contributed by atoms with Gasteiger partial charge in [-0.3, -0.25) is 5.10 Å². The van der Waals surface area contributed by atoms with Crippen molar-refractivity contribution in [2.45, 2.75) is 32.9 Å². The van der Waals surface area contributed by atoms with Crippen LogP contribution in [-0.2, 0) is 0 Å². The molecule has 0 saturated carbocycles. The van der Waals surface area contributed by atoms with Gasteiger partial charge in [0.2, 0.25) is 0 Å². The lowest BCUT2D eigenvalue weighted by atomic mass is 10.1. The number of urea groups is 1. The van der Waals surface area contributed by atoms with Crippen LogP contribution in [0, 0.1) is 6.92 Å². The second-order valence-corrected chi connectivity index (χ2v) is 6.01. The molecule has 0 spiro atoms. The molecule has 0 aliphatic rings. The zero-order chi connectivity index (χ0) is 17.8. The van der Waals surface area contributed by atoms with Crippen molar-refractivity contribution < 1.29 is 4.79 Å². The molecule has 0 aliphatic heterocycles. The fourth-order valence-corrected chi connectivity index (χ4v) is 2.75. The van der Waals surface area contributed by atoms with Crippen LogP contribution in [-0.4, -0.2) is 25.8 Å². The molecule has 7 heteroatoms. The van der Waals surface area contributed by atoms with Gasteiger partial charge in [-0.05, 0) is 44.5 Å². The molecular formula is C18H22N6O. The fraction of sp³-hybridized carbons (Fsp3) is 0.278. The highest BCUT2D eigenvalue weighted by molar-refractivity contribution is 5.89. The molecule has 0 aliphatic carbocycles. The lowest BCUT2D eigenvalue weighted by molar-refractivity contribution is 0.249. The summed E-state index contributed by atoms with van der Waals surface area (Å²) in [5.74, 6) is 0.974. The van der Waals surface area contributed by atoms with Gasteiger partial charge < -0.3 is 15.2 Å². The van der Waals surface area contributed by atoms with Gasteiger partial charge in [-0.15, -0.1) is 0 Å². The van der Waals surface area contributed by atoms with E-state index >= 15 is 0 Å². The van der Waals surface area contributed by atoms with E-state index in [0.717, 1.165) is 22.8 Å². The summed E-state index contributed by atoms with van der Waals surface area (Å²) in [5.41, 5.74) is 2.75. The van der Waals surface area contributed by atoms with Crippen LogP contribution in [0.15, 0.2) is 48.9 Å². The van der Waals surface area contributed by atoms with Gasteiger partial charge in [0.1, 0.15) is 5.82 Å². The van der Waals surface area contributed by atoms with Crippen LogP contribution in [0.5, 0.6) is 0 Å². The molecule has 2 atom stereocenters. The zero-order valence-corrected chi connectivity index (χ0v) is 14.5. The van der Waals surface area contributed by atoms with E-state index in [1.165, 1.54) is 0 Å². The molecule has 0 bridgehead atoms. The van der Waals surface area contributed by atoms with Crippen molar-refractivity contribution in [1.82, 2.24) is 25.1 Å². The number of nitrogens with zero attached hydrogens (tertiary/aromatic N) is 3. The third-order valence-corrected chi connectivity index (χ3v) is 4.27. The summed E-state index contributed by atoms with van der Waals surface area (Å²) in [4.78, 5) is 16.4. The summed E-state index contributed by atoms with van der Waals surface area (Å²) < 4.78 is 2.11. The Hall–Kier alpha value is -3.09. The van der Waals surface area contributed by atoms with Gasteiger partial charge in [0.15, 0.2) is 0 Å². The van der Waals surface area contributed by atoms with Crippen molar-refractivity contribution >= 4 is 11.7 Å². The number of amides is 2. The Balaban J connectivity index is 1.61.